The molecule has 0 unspecified atom stereocenters. The number of Topliss-reactive ketones (excluding diaryl/α,β-unsaturated/α-hetero) is 2. The van der Waals surface area contributed by atoms with E-state index >= 15 is 0 Å². The molecular formula is C34H39BrN2O5. The summed E-state index contributed by atoms with van der Waals surface area (Å²) in [5.74, 6) is -0.222. The molecule has 7 nitrogen and oxygen atoms in total. The first kappa shape index (κ1) is 30.1. The minimum Gasteiger partial charge on any atom is -0.490 e. The lowest BCUT2D eigenvalue weighted by Crippen LogP contribution is -2.44. The van der Waals surface area contributed by atoms with E-state index in [2.05, 4.69) is 60.7 Å². The molecule has 0 bridgehead atoms. The Kier molecular flexibility index (Phi) is 8.14. The van der Waals surface area contributed by atoms with Gasteiger partial charge >= 0.3 is 0 Å². The van der Waals surface area contributed by atoms with Crippen molar-refractivity contribution in [2.45, 2.75) is 72.8 Å². The quantitative estimate of drug-likeness (QED) is 0.351. The zero-order valence-corrected chi connectivity index (χ0v) is 26.6. The molecule has 3 aliphatic rings. The molecule has 42 heavy (non-hydrogen) atoms. The fourth-order valence-corrected chi connectivity index (χ4v) is 7.21. The van der Waals surface area contributed by atoms with Crippen LogP contribution in [0.3, 0.4) is 0 Å². The fourth-order valence-electron chi connectivity index (χ4n) is 6.64. The molecule has 2 aromatic rings. The number of allylic oxidation sites excluding steroid dienone is 4. The molecule has 2 aromatic carbocycles. The molecule has 0 saturated carbocycles. The molecule has 1 heterocycles. The second-order valence-electron chi connectivity index (χ2n) is 13.1. The van der Waals surface area contributed by atoms with Crippen molar-refractivity contribution in [3.63, 3.8) is 0 Å². The molecule has 5 rings (SSSR count). The topological polar surface area (TPSA) is 98.9 Å². The lowest BCUT2D eigenvalue weighted by Gasteiger charge is -2.49. The van der Waals surface area contributed by atoms with Gasteiger partial charge in [0.05, 0.1) is 11.1 Å². The second-order valence-corrected chi connectivity index (χ2v) is 14.0. The van der Waals surface area contributed by atoms with Crippen molar-refractivity contribution in [1.82, 2.24) is 4.90 Å². The van der Waals surface area contributed by atoms with E-state index in [9.17, 15) is 14.4 Å². The molecule has 0 fully saturated rings. The first-order valence-corrected chi connectivity index (χ1v) is 15.3. The molecule has 0 aromatic heterocycles. The SMILES string of the molecule is CCOc1cc(C2C3=C(CC(C)(C)CC3=O)N(Cc3ccccc3)C3=C2C(=O)CC(C)(C)C3)cc(Br)c1OCC(N)=O. The third-order valence-corrected chi connectivity index (χ3v) is 8.82. The standard InChI is InChI=1S/C34H39BrN2O5/c1-6-41-27-13-21(12-22(35)32(27)42-19-28(36)40)29-30-23(14-33(2,3)16-25(30)38)37(18-20-10-8-7-9-11-20)24-15-34(4,5)17-26(39)31(24)29/h7-13,29H,6,14-19H2,1-5H3,(H2,36,40). The number of carbonyl (C=O) groups excluding carboxylic acids is 3. The molecule has 222 valence electrons. The number of nitrogens with zero attached hydrogens (tertiary/aromatic N) is 1. The molecular weight excluding hydrogens is 596 g/mol. The molecule has 1 amide bonds. The number of halogens is 1. The van der Waals surface area contributed by atoms with Gasteiger partial charge in [-0.3, -0.25) is 14.4 Å². The van der Waals surface area contributed by atoms with E-state index in [1.54, 1.807) is 0 Å². The summed E-state index contributed by atoms with van der Waals surface area (Å²) in [7, 11) is 0. The van der Waals surface area contributed by atoms with Gasteiger partial charge in [0.25, 0.3) is 5.91 Å². The highest BCUT2D eigenvalue weighted by atomic mass is 79.9. The van der Waals surface area contributed by atoms with Crippen molar-refractivity contribution in [1.29, 1.82) is 0 Å². The van der Waals surface area contributed by atoms with Crippen LogP contribution in [0.4, 0.5) is 0 Å². The van der Waals surface area contributed by atoms with E-state index < -0.39 is 11.8 Å². The number of ketones is 2. The number of amides is 1. The molecule has 0 radical (unpaired) electrons. The molecule has 0 saturated heterocycles. The lowest BCUT2D eigenvalue weighted by molar-refractivity contribution is -0.121. The highest BCUT2D eigenvalue weighted by molar-refractivity contribution is 9.10. The predicted octanol–water partition coefficient (Wildman–Crippen LogP) is 6.60. The van der Waals surface area contributed by atoms with Crippen LogP contribution >= 0.6 is 15.9 Å². The summed E-state index contributed by atoms with van der Waals surface area (Å²) in [4.78, 5) is 42.0. The van der Waals surface area contributed by atoms with Crippen LogP contribution in [0.1, 0.15) is 77.3 Å². The number of primary amides is 1. The summed E-state index contributed by atoms with van der Waals surface area (Å²) in [5, 5.41) is 0. The van der Waals surface area contributed by atoms with Crippen molar-refractivity contribution in [2.75, 3.05) is 13.2 Å². The van der Waals surface area contributed by atoms with E-state index in [0.29, 0.717) is 53.1 Å². The maximum atomic E-state index is 14.1. The minimum absolute atomic E-state index is 0.0663. The van der Waals surface area contributed by atoms with Crippen LogP contribution in [0.5, 0.6) is 11.5 Å². The Hall–Kier alpha value is -3.39. The van der Waals surface area contributed by atoms with Crippen LogP contribution in [0.15, 0.2) is 69.5 Å². The Balaban J connectivity index is 1.75. The summed E-state index contributed by atoms with van der Waals surface area (Å²) in [6.45, 7) is 11.1. The van der Waals surface area contributed by atoms with Crippen molar-refractivity contribution in [2.24, 2.45) is 16.6 Å². The van der Waals surface area contributed by atoms with Gasteiger partial charge in [0.2, 0.25) is 0 Å². The number of hydrogen-bond acceptors (Lipinski definition) is 6. The number of rotatable bonds is 8. The van der Waals surface area contributed by atoms with Gasteiger partial charge in [-0.05, 0) is 69.8 Å². The van der Waals surface area contributed by atoms with Crippen molar-refractivity contribution < 1.29 is 23.9 Å². The highest BCUT2D eigenvalue weighted by Crippen LogP contribution is 2.55. The zero-order chi connectivity index (χ0) is 30.4. The number of benzene rings is 2. The van der Waals surface area contributed by atoms with Crippen LogP contribution < -0.4 is 15.2 Å². The number of nitrogens with two attached hydrogens (primary N) is 1. The van der Waals surface area contributed by atoms with Crippen molar-refractivity contribution >= 4 is 33.4 Å². The van der Waals surface area contributed by atoms with E-state index in [4.69, 9.17) is 15.2 Å². The third kappa shape index (κ3) is 5.91. The Morgan fingerprint density at radius 1 is 0.929 bits per heavy atom. The zero-order valence-electron chi connectivity index (χ0n) is 25.0. The Morgan fingerprint density at radius 2 is 1.50 bits per heavy atom. The fraction of sp³-hybridized carbons (Fsp3) is 0.441. The summed E-state index contributed by atoms with van der Waals surface area (Å²) >= 11 is 3.61. The van der Waals surface area contributed by atoms with Crippen molar-refractivity contribution in [3.8, 4) is 11.5 Å². The Labute approximate surface area is 256 Å². The molecule has 2 N–H and O–H groups in total. The monoisotopic (exact) mass is 634 g/mol. The third-order valence-electron chi connectivity index (χ3n) is 8.23. The van der Waals surface area contributed by atoms with Gasteiger partial charge in [-0.15, -0.1) is 0 Å². The van der Waals surface area contributed by atoms with E-state index in [0.717, 1.165) is 35.4 Å². The first-order chi connectivity index (χ1) is 19.8. The average molecular weight is 636 g/mol. The van der Waals surface area contributed by atoms with E-state index in [-0.39, 0.29) is 29.0 Å². The van der Waals surface area contributed by atoms with Crippen LogP contribution in [0, 0.1) is 10.8 Å². The Morgan fingerprint density at radius 3 is 2.02 bits per heavy atom. The number of hydrogen-bond donors (Lipinski definition) is 1. The maximum Gasteiger partial charge on any atom is 0.255 e. The van der Waals surface area contributed by atoms with Crippen LogP contribution in [-0.4, -0.2) is 35.6 Å². The minimum atomic E-state index is -0.602. The largest absolute Gasteiger partial charge is 0.490 e. The van der Waals surface area contributed by atoms with Crippen molar-refractivity contribution in [3.05, 3.63) is 80.6 Å². The number of carbonyl (C=O) groups is 3. The normalized spacial score (nSPS) is 19.9. The van der Waals surface area contributed by atoms with Crippen LogP contribution in [0.25, 0.3) is 0 Å². The summed E-state index contributed by atoms with van der Waals surface area (Å²) in [5.41, 5.74) is 10.2. The van der Waals surface area contributed by atoms with Crippen LogP contribution in [-0.2, 0) is 20.9 Å². The average Bonchev–Trinajstić information content (AvgIpc) is 2.88. The molecule has 1 aliphatic heterocycles. The second kappa shape index (κ2) is 11.4. The summed E-state index contributed by atoms with van der Waals surface area (Å²) in [6, 6.07) is 13.9. The highest BCUT2D eigenvalue weighted by Gasteiger charge is 2.49. The molecule has 0 spiro atoms. The van der Waals surface area contributed by atoms with Gasteiger partial charge in [0, 0.05) is 47.8 Å². The maximum absolute atomic E-state index is 14.1. The van der Waals surface area contributed by atoms with E-state index in [1.165, 1.54) is 0 Å². The van der Waals surface area contributed by atoms with E-state index in [1.807, 2.05) is 37.3 Å². The van der Waals surface area contributed by atoms with Gasteiger partial charge in [-0.2, -0.15) is 0 Å². The predicted molar refractivity (Wildman–Crippen MR) is 165 cm³/mol. The molecule has 8 heteroatoms. The Bertz CT molecular complexity index is 1450. The van der Waals surface area contributed by atoms with Gasteiger partial charge in [0.15, 0.2) is 29.7 Å². The molecule has 2 aliphatic carbocycles. The smallest absolute Gasteiger partial charge is 0.255 e. The van der Waals surface area contributed by atoms with Crippen LogP contribution in [0.2, 0.25) is 0 Å². The summed E-state index contributed by atoms with van der Waals surface area (Å²) in [6.07, 6.45) is 2.26. The van der Waals surface area contributed by atoms with Gasteiger partial charge in [-0.25, -0.2) is 0 Å². The lowest BCUT2D eigenvalue weighted by atomic mass is 9.63. The molecule has 0 atom stereocenters. The van der Waals surface area contributed by atoms with Gasteiger partial charge in [-0.1, -0.05) is 58.0 Å². The summed E-state index contributed by atoms with van der Waals surface area (Å²) < 4.78 is 12.2. The van der Waals surface area contributed by atoms with Gasteiger partial charge < -0.3 is 20.1 Å². The number of ether oxygens (including phenoxy) is 2. The first-order valence-electron chi connectivity index (χ1n) is 14.5. The van der Waals surface area contributed by atoms with Gasteiger partial charge in [0.1, 0.15) is 0 Å².